The first-order valence-electron chi connectivity index (χ1n) is 10.0. The molecule has 0 heterocycles. The van der Waals surface area contributed by atoms with Gasteiger partial charge in [-0.1, -0.05) is 60.7 Å². The summed E-state index contributed by atoms with van der Waals surface area (Å²) in [6, 6.07) is 26.5. The minimum absolute atomic E-state index is 0.0931. The lowest BCUT2D eigenvalue weighted by Crippen LogP contribution is -2.39. The molecular weight excluding hydrogens is 376 g/mol. The highest BCUT2D eigenvalue weighted by atomic mass is 16.5. The van der Waals surface area contributed by atoms with Crippen LogP contribution in [0.15, 0.2) is 84.9 Å². The van der Waals surface area contributed by atoms with E-state index >= 15 is 0 Å². The molecule has 0 fully saturated rings. The molecule has 5 heteroatoms. The number of hydrogen-bond donors (Lipinski definition) is 2. The van der Waals surface area contributed by atoms with Crippen LogP contribution >= 0.6 is 0 Å². The van der Waals surface area contributed by atoms with Crippen LogP contribution in [-0.4, -0.2) is 25.0 Å². The Morgan fingerprint density at radius 3 is 2.13 bits per heavy atom. The van der Waals surface area contributed by atoms with Crippen molar-refractivity contribution < 1.29 is 14.3 Å². The number of benzene rings is 3. The van der Waals surface area contributed by atoms with Crippen molar-refractivity contribution in [3.63, 3.8) is 0 Å². The Labute approximate surface area is 177 Å². The lowest BCUT2D eigenvalue weighted by molar-refractivity contribution is -0.120. The van der Waals surface area contributed by atoms with E-state index < -0.39 is 0 Å². The van der Waals surface area contributed by atoms with E-state index in [1.54, 1.807) is 24.3 Å². The van der Waals surface area contributed by atoms with Crippen molar-refractivity contribution in [2.45, 2.75) is 19.4 Å². The standard InChI is InChI=1S/C25H26N2O3/c1-2-30-22-15-13-21(14-16-22)25(29)26-18-24(28)27-23(20-11-7-4-8-12-20)17-19-9-5-3-6-10-19/h3-16,23H,2,17-18H2,1H3,(H,26,29)(H,27,28)/t23-/m1/s1. The maximum absolute atomic E-state index is 12.5. The first-order valence-corrected chi connectivity index (χ1v) is 10.0. The van der Waals surface area contributed by atoms with Crippen LogP contribution in [0.25, 0.3) is 0 Å². The summed E-state index contributed by atoms with van der Waals surface area (Å²) in [5, 5.41) is 5.72. The van der Waals surface area contributed by atoms with Gasteiger partial charge in [-0.25, -0.2) is 0 Å². The van der Waals surface area contributed by atoms with Gasteiger partial charge < -0.3 is 15.4 Å². The third-order valence-corrected chi connectivity index (χ3v) is 4.66. The van der Waals surface area contributed by atoms with E-state index in [0.717, 1.165) is 11.1 Å². The van der Waals surface area contributed by atoms with Gasteiger partial charge in [-0.2, -0.15) is 0 Å². The molecule has 0 aliphatic rings. The first-order chi connectivity index (χ1) is 14.7. The summed E-state index contributed by atoms with van der Waals surface area (Å²) >= 11 is 0. The Kier molecular flexibility index (Phi) is 7.61. The molecule has 3 rings (SSSR count). The Hall–Kier alpha value is -3.60. The van der Waals surface area contributed by atoms with Gasteiger partial charge in [-0.15, -0.1) is 0 Å². The zero-order valence-corrected chi connectivity index (χ0v) is 17.0. The number of carbonyl (C=O) groups excluding carboxylic acids is 2. The lowest BCUT2D eigenvalue weighted by atomic mass is 9.99. The summed E-state index contributed by atoms with van der Waals surface area (Å²) in [5.74, 6) is 0.171. The number of carbonyl (C=O) groups is 2. The minimum atomic E-state index is -0.299. The Morgan fingerprint density at radius 2 is 1.50 bits per heavy atom. The fourth-order valence-corrected chi connectivity index (χ4v) is 3.16. The molecule has 2 N–H and O–H groups in total. The van der Waals surface area contributed by atoms with E-state index in [2.05, 4.69) is 10.6 Å². The van der Waals surface area contributed by atoms with Gasteiger partial charge in [0.1, 0.15) is 5.75 Å². The van der Waals surface area contributed by atoms with Gasteiger partial charge in [-0.3, -0.25) is 9.59 Å². The smallest absolute Gasteiger partial charge is 0.251 e. The molecule has 0 saturated carbocycles. The van der Waals surface area contributed by atoms with Crippen LogP contribution < -0.4 is 15.4 Å². The van der Waals surface area contributed by atoms with Gasteiger partial charge in [0, 0.05) is 5.56 Å². The van der Waals surface area contributed by atoms with Gasteiger partial charge in [0.05, 0.1) is 19.2 Å². The zero-order chi connectivity index (χ0) is 21.2. The van der Waals surface area contributed by atoms with Crippen LogP contribution in [0.5, 0.6) is 5.75 Å². The first kappa shape index (κ1) is 21.1. The topological polar surface area (TPSA) is 67.4 Å². The van der Waals surface area contributed by atoms with Crippen molar-refractivity contribution in [1.82, 2.24) is 10.6 Å². The van der Waals surface area contributed by atoms with Gasteiger partial charge in [-0.05, 0) is 48.7 Å². The number of amides is 2. The molecule has 0 saturated heterocycles. The maximum Gasteiger partial charge on any atom is 0.251 e. The predicted molar refractivity (Wildman–Crippen MR) is 117 cm³/mol. The summed E-state index contributed by atoms with van der Waals surface area (Å²) in [6.07, 6.45) is 0.670. The Morgan fingerprint density at radius 1 is 0.867 bits per heavy atom. The van der Waals surface area contributed by atoms with E-state index in [9.17, 15) is 9.59 Å². The quantitative estimate of drug-likeness (QED) is 0.570. The van der Waals surface area contributed by atoms with Gasteiger partial charge in [0.2, 0.25) is 5.91 Å². The van der Waals surface area contributed by atoms with E-state index in [1.807, 2.05) is 67.6 Å². The van der Waals surface area contributed by atoms with Gasteiger partial charge >= 0.3 is 0 Å². The monoisotopic (exact) mass is 402 g/mol. The molecule has 154 valence electrons. The van der Waals surface area contributed by atoms with Crippen LogP contribution in [0.1, 0.15) is 34.5 Å². The molecule has 5 nitrogen and oxygen atoms in total. The molecule has 0 aromatic heterocycles. The average Bonchev–Trinajstić information content (AvgIpc) is 2.79. The van der Waals surface area contributed by atoms with Crippen LogP contribution in [0, 0.1) is 0 Å². The van der Waals surface area contributed by atoms with E-state index in [-0.39, 0.29) is 24.4 Å². The SMILES string of the molecule is CCOc1ccc(C(=O)NCC(=O)N[C@H](Cc2ccccc2)c2ccccc2)cc1. The molecule has 0 spiro atoms. The average molecular weight is 402 g/mol. The Bertz CT molecular complexity index is 941. The van der Waals surface area contributed by atoms with Crippen molar-refractivity contribution >= 4 is 11.8 Å². The van der Waals surface area contributed by atoms with Crippen LogP contribution in [0.4, 0.5) is 0 Å². The van der Waals surface area contributed by atoms with E-state index in [1.165, 1.54) is 0 Å². The summed E-state index contributed by atoms with van der Waals surface area (Å²) < 4.78 is 5.38. The van der Waals surface area contributed by atoms with E-state index in [0.29, 0.717) is 24.3 Å². The van der Waals surface area contributed by atoms with Crippen molar-refractivity contribution in [1.29, 1.82) is 0 Å². The molecular formula is C25H26N2O3. The highest BCUT2D eigenvalue weighted by Gasteiger charge is 2.16. The lowest BCUT2D eigenvalue weighted by Gasteiger charge is -2.20. The van der Waals surface area contributed by atoms with Crippen LogP contribution in [0.2, 0.25) is 0 Å². The van der Waals surface area contributed by atoms with Crippen LogP contribution in [-0.2, 0) is 11.2 Å². The number of rotatable bonds is 9. The molecule has 0 aliphatic carbocycles. The predicted octanol–water partition coefficient (Wildman–Crippen LogP) is 3.92. The van der Waals surface area contributed by atoms with Crippen molar-refractivity contribution in [3.8, 4) is 5.75 Å². The minimum Gasteiger partial charge on any atom is -0.494 e. The maximum atomic E-state index is 12.5. The second kappa shape index (κ2) is 10.8. The van der Waals surface area contributed by atoms with Crippen molar-refractivity contribution in [2.24, 2.45) is 0 Å². The van der Waals surface area contributed by atoms with Crippen molar-refractivity contribution in [3.05, 3.63) is 102 Å². The van der Waals surface area contributed by atoms with Crippen LogP contribution in [0.3, 0.4) is 0 Å². The number of nitrogens with one attached hydrogen (secondary N) is 2. The van der Waals surface area contributed by atoms with Crippen molar-refractivity contribution in [2.75, 3.05) is 13.2 Å². The van der Waals surface area contributed by atoms with Gasteiger partial charge in [0.15, 0.2) is 0 Å². The molecule has 2 amide bonds. The summed E-state index contributed by atoms with van der Waals surface area (Å²) in [5.41, 5.74) is 2.63. The second-order valence-electron chi connectivity index (χ2n) is 6.86. The summed E-state index contributed by atoms with van der Waals surface area (Å²) in [6.45, 7) is 2.38. The largest absolute Gasteiger partial charge is 0.494 e. The molecule has 30 heavy (non-hydrogen) atoms. The van der Waals surface area contributed by atoms with E-state index in [4.69, 9.17) is 4.74 Å². The molecule has 3 aromatic carbocycles. The fourth-order valence-electron chi connectivity index (χ4n) is 3.16. The molecule has 0 bridgehead atoms. The highest BCUT2D eigenvalue weighted by Crippen LogP contribution is 2.18. The molecule has 0 aliphatic heterocycles. The molecule has 3 aromatic rings. The third kappa shape index (κ3) is 6.21. The second-order valence-corrected chi connectivity index (χ2v) is 6.86. The van der Waals surface area contributed by atoms with Gasteiger partial charge in [0.25, 0.3) is 5.91 Å². The molecule has 0 radical (unpaired) electrons. The number of ether oxygens (including phenoxy) is 1. The fraction of sp³-hybridized carbons (Fsp3) is 0.200. The third-order valence-electron chi connectivity index (χ3n) is 4.66. The number of hydrogen-bond acceptors (Lipinski definition) is 3. The highest BCUT2D eigenvalue weighted by molar-refractivity contribution is 5.96. The molecule has 0 unspecified atom stereocenters. The zero-order valence-electron chi connectivity index (χ0n) is 17.0. The normalized spacial score (nSPS) is 11.4. The molecule has 1 atom stereocenters. The summed E-state index contributed by atoms with van der Waals surface area (Å²) in [4.78, 5) is 24.9. The Balaban J connectivity index is 1.59. The summed E-state index contributed by atoms with van der Waals surface area (Å²) in [7, 11) is 0.